The van der Waals surface area contributed by atoms with Crippen molar-refractivity contribution in [3.63, 3.8) is 0 Å². The van der Waals surface area contributed by atoms with E-state index >= 15 is 0 Å². The highest BCUT2D eigenvalue weighted by Crippen LogP contribution is 1.99. The van der Waals surface area contributed by atoms with E-state index < -0.39 is 5.97 Å². The summed E-state index contributed by atoms with van der Waals surface area (Å²) in [6.45, 7) is 1.29. The SMILES string of the molecule is CC(=O)Nc1nccc(C(=O)O)n1. The molecule has 0 bridgehead atoms. The zero-order valence-corrected chi connectivity index (χ0v) is 6.81. The minimum Gasteiger partial charge on any atom is -0.477 e. The van der Waals surface area contributed by atoms with Crippen LogP contribution in [0.15, 0.2) is 12.3 Å². The predicted octanol–water partition coefficient (Wildman–Crippen LogP) is 0.133. The summed E-state index contributed by atoms with van der Waals surface area (Å²) in [4.78, 5) is 28.2. The first kappa shape index (κ1) is 9.11. The molecule has 0 saturated heterocycles. The van der Waals surface area contributed by atoms with Gasteiger partial charge in [-0.1, -0.05) is 0 Å². The Kier molecular flexibility index (Phi) is 2.53. The number of nitrogens with zero attached hydrogens (tertiary/aromatic N) is 2. The van der Waals surface area contributed by atoms with E-state index in [0.717, 1.165) is 0 Å². The normalized spacial score (nSPS) is 9.31. The Balaban J connectivity index is 2.91. The third kappa shape index (κ3) is 2.51. The summed E-state index contributed by atoms with van der Waals surface area (Å²) in [5.41, 5.74) is -0.154. The minimum absolute atomic E-state index is 0.00704. The van der Waals surface area contributed by atoms with E-state index in [0.29, 0.717) is 0 Å². The number of carboxylic acids is 1. The van der Waals surface area contributed by atoms with E-state index in [1.54, 1.807) is 0 Å². The third-order valence-electron chi connectivity index (χ3n) is 1.16. The van der Waals surface area contributed by atoms with Crippen molar-refractivity contribution in [1.82, 2.24) is 9.97 Å². The average Bonchev–Trinajstić information content (AvgIpc) is 2.03. The molecule has 0 aliphatic carbocycles. The molecule has 68 valence electrons. The number of hydrogen-bond acceptors (Lipinski definition) is 4. The predicted molar refractivity (Wildman–Crippen MR) is 43.3 cm³/mol. The highest BCUT2D eigenvalue weighted by molar-refractivity contribution is 5.88. The van der Waals surface area contributed by atoms with Crippen molar-refractivity contribution in [2.24, 2.45) is 0 Å². The van der Waals surface area contributed by atoms with Crippen LogP contribution >= 0.6 is 0 Å². The van der Waals surface area contributed by atoms with Crippen LogP contribution in [0.4, 0.5) is 5.95 Å². The van der Waals surface area contributed by atoms with Crippen LogP contribution in [0.2, 0.25) is 0 Å². The van der Waals surface area contributed by atoms with Crippen molar-refractivity contribution in [3.05, 3.63) is 18.0 Å². The van der Waals surface area contributed by atoms with Gasteiger partial charge in [0.25, 0.3) is 0 Å². The van der Waals surface area contributed by atoms with Crippen LogP contribution in [-0.2, 0) is 4.79 Å². The van der Waals surface area contributed by atoms with Gasteiger partial charge in [0, 0.05) is 13.1 Å². The number of amides is 1. The van der Waals surface area contributed by atoms with Gasteiger partial charge in [0.05, 0.1) is 0 Å². The molecule has 1 aromatic rings. The van der Waals surface area contributed by atoms with Gasteiger partial charge in [-0.3, -0.25) is 10.1 Å². The molecule has 0 radical (unpaired) electrons. The summed E-state index contributed by atoms with van der Waals surface area (Å²) in [5, 5.41) is 10.8. The lowest BCUT2D eigenvalue weighted by Crippen LogP contribution is -2.11. The van der Waals surface area contributed by atoms with Crippen molar-refractivity contribution >= 4 is 17.8 Å². The molecule has 0 aliphatic rings. The molecule has 2 N–H and O–H groups in total. The Morgan fingerprint density at radius 1 is 1.54 bits per heavy atom. The second-order valence-electron chi connectivity index (χ2n) is 2.25. The van der Waals surface area contributed by atoms with E-state index in [-0.39, 0.29) is 17.5 Å². The fourth-order valence-electron chi connectivity index (χ4n) is 0.695. The number of carbonyl (C=O) groups is 2. The summed E-state index contributed by atoms with van der Waals surface area (Å²) in [6, 6.07) is 1.24. The number of aromatic carboxylic acids is 1. The van der Waals surface area contributed by atoms with Gasteiger partial charge in [0.2, 0.25) is 11.9 Å². The van der Waals surface area contributed by atoms with Gasteiger partial charge < -0.3 is 5.11 Å². The first-order valence-electron chi connectivity index (χ1n) is 3.43. The Bertz CT molecular complexity index is 351. The number of aromatic nitrogens is 2. The van der Waals surface area contributed by atoms with Crippen LogP contribution in [0.5, 0.6) is 0 Å². The van der Waals surface area contributed by atoms with Gasteiger partial charge in [0.1, 0.15) is 0 Å². The number of carboxylic acid groups (broad SMARTS) is 1. The van der Waals surface area contributed by atoms with Crippen molar-refractivity contribution in [3.8, 4) is 0 Å². The molecule has 6 nitrogen and oxygen atoms in total. The van der Waals surface area contributed by atoms with Crippen LogP contribution in [0.1, 0.15) is 17.4 Å². The largest absolute Gasteiger partial charge is 0.477 e. The number of anilines is 1. The molecule has 6 heteroatoms. The quantitative estimate of drug-likeness (QED) is 0.676. The van der Waals surface area contributed by atoms with E-state index in [1.165, 1.54) is 19.2 Å². The molecule has 0 aliphatic heterocycles. The lowest BCUT2D eigenvalue weighted by Gasteiger charge is -1.99. The standard InChI is InChI=1S/C7H7N3O3/c1-4(11)9-7-8-3-2-5(10-7)6(12)13/h2-3H,1H3,(H,12,13)(H,8,9,10,11). The number of hydrogen-bond donors (Lipinski definition) is 2. The maximum atomic E-state index is 10.6. The zero-order valence-electron chi connectivity index (χ0n) is 6.81. The van der Waals surface area contributed by atoms with E-state index in [9.17, 15) is 9.59 Å². The van der Waals surface area contributed by atoms with Gasteiger partial charge in [-0.25, -0.2) is 14.8 Å². The molecule has 1 amide bonds. The first-order valence-corrected chi connectivity index (χ1v) is 3.43. The lowest BCUT2D eigenvalue weighted by atomic mass is 10.4. The Morgan fingerprint density at radius 3 is 2.77 bits per heavy atom. The lowest BCUT2D eigenvalue weighted by molar-refractivity contribution is -0.114. The molecule has 0 fully saturated rings. The minimum atomic E-state index is -1.16. The van der Waals surface area contributed by atoms with Crippen molar-refractivity contribution < 1.29 is 14.7 Å². The molecule has 0 atom stereocenters. The van der Waals surface area contributed by atoms with Crippen molar-refractivity contribution in [2.75, 3.05) is 5.32 Å². The van der Waals surface area contributed by atoms with Crippen LogP contribution in [0.25, 0.3) is 0 Å². The highest BCUT2D eigenvalue weighted by atomic mass is 16.4. The molecule has 0 spiro atoms. The Labute approximate surface area is 73.6 Å². The Morgan fingerprint density at radius 2 is 2.23 bits per heavy atom. The van der Waals surface area contributed by atoms with Gasteiger partial charge in [-0.2, -0.15) is 0 Å². The summed E-state index contributed by atoms with van der Waals surface area (Å²) in [7, 11) is 0. The fourth-order valence-corrected chi connectivity index (χ4v) is 0.695. The zero-order chi connectivity index (χ0) is 9.84. The van der Waals surface area contributed by atoms with Gasteiger partial charge in [-0.15, -0.1) is 0 Å². The van der Waals surface area contributed by atoms with E-state index in [4.69, 9.17) is 5.11 Å². The maximum Gasteiger partial charge on any atom is 0.354 e. The molecule has 0 saturated carbocycles. The highest BCUT2D eigenvalue weighted by Gasteiger charge is 2.06. The van der Waals surface area contributed by atoms with Gasteiger partial charge in [0.15, 0.2) is 5.69 Å². The summed E-state index contributed by atoms with van der Waals surface area (Å²) >= 11 is 0. The summed E-state index contributed by atoms with van der Waals surface area (Å²) in [5.74, 6) is -1.51. The maximum absolute atomic E-state index is 10.6. The molecule has 13 heavy (non-hydrogen) atoms. The van der Waals surface area contributed by atoms with Gasteiger partial charge >= 0.3 is 5.97 Å². The van der Waals surface area contributed by atoms with E-state index in [2.05, 4.69) is 15.3 Å². The summed E-state index contributed by atoms with van der Waals surface area (Å²) in [6.07, 6.45) is 1.27. The fraction of sp³-hybridized carbons (Fsp3) is 0.143. The van der Waals surface area contributed by atoms with Crippen LogP contribution < -0.4 is 5.32 Å². The molecular formula is C7H7N3O3. The second-order valence-corrected chi connectivity index (χ2v) is 2.25. The first-order chi connectivity index (χ1) is 6.09. The molecular weight excluding hydrogens is 174 g/mol. The van der Waals surface area contributed by atoms with Gasteiger partial charge in [-0.05, 0) is 6.07 Å². The van der Waals surface area contributed by atoms with Crippen LogP contribution in [0.3, 0.4) is 0 Å². The topological polar surface area (TPSA) is 92.2 Å². The smallest absolute Gasteiger partial charge is 0.354 e. The van der Waals surface area contributed by atoms with Crippen molar-refractivity contribution in [2.45, 2.75) is 6.92 Å². The monoisotopic (exact) mass is 181 g/mol. The molecule has 1 aromatic heterocycles. The second kappa shape index (κ2) is 3.61. The number of carbonyl (C=O) groups excluding carboxylic acids is 1. The number of nitrogens with one attached hydrogen (secondary N) is 1. The molecule has 0 unspecified atom stereocenters. The summed E-state index contributed by atoms with van der Waals surface area (Å²) < 4.78 is 0. The molecule has 1 rings (SSSR count). The van der Waals surface area contributed by atoms with Crippen molar-refractivity contribution in [1.29, 1.82) is 0 Å². The molecule has 0 aromatic carbocycles. The van der Waals surface area contributed by atoms with Crippen LogP contribution in [0, 0.1) is 0 Å². The third-order valence-corrected chi connectivity index (χ3v) is 1.16. The molecule has 1 heterocycles. The average molecular weight is 181 g/mol. The van der Waals surface area contributed by atoms with E-state index in [1.807, 2.05) is 0 Å². The Hall–Kier alpha value is -1.98. The number of rotatable bonds is 2. The van der Waals surface area contributed by atoms with Crippen LogP contribution in [-0.4, -0.2) is 27.0 Å².